The first-order valence-electron chi connectivity index (χ1n) is 5.14. The van der Waals surface area contributed by atoms with Crippen LogP contribution in [0.5, 0.6) is 0 Å². The van der Waals surface area contributed by atoms with Crippen LogP contribution in [0, 0.1) is 5.82 Å². The Morgan fingerprint density at radius 2 is 2.25 bits per heavy atom. The molecule has 1 aliphatic carbocycles. The van der Waals surface area contributed by atoms with E-state index in [2.05, 4.69) is 0 Å². The lowest BCUT2D eigenvalue weighted by Gasteiger charge is -2.17. The molecule has 1 aliphatic rings. The first-order valence-corrected chi connectivity index (χ1v) is 6.36. The fraction of sp³-hybridized carbons (Fsp3) is 0.417. The van der Waals surface area contributed by atoms with Gasteiger partial charge in [-0.2, -0.15) is 0 Å². The molecular weight excluding hydrogens is 227 g/mol. The Morgan fingerprint density at radius 3 is 2.75 bits per heavy atom. The highest BCUT2D eigenvalue weighted by atomic mass is 32.2. The average Bonchev–Trinajstić information content (AvgIpc) is 2.97. The van der Waals surface area contributed by atoms with Gasteiger partial charge in [-0.05, 0) is 30.7 Å². The molecule has 0 atom stereocenters. The Hall–Kier alpha value is -1.03. The highest BCUT2D eigenvalue weighted by molar-refractivity contribution is 7.98. The minimum Gasteiger partial charge on any atom is -0.481 e. The van der Waals surface area contributed by atoms with Crippen LogP contribution in [0.25, 0.3) is 0 Å². The second-order valence-corrected chi connectivity index (χ2v) is 4.99. The zero-order valence-corrected chi connectivity index (χ0v) is 9.81. The topological polar surface area (TPSA) is 37.3 Å². The number of aliphatic carboxylic acids is 1. The van der Waals surface area contributed by atoms with Crippen molar-refractivity contribution in [2.45, 2.75) is 29.6 Å². The van der Waals surface area contributed by atoms with E-state index in [9.17, 15) is 9.18 Å². The fourth-order valence-electron chi connectivity index (χ4n) is 2.12. The van der Waals surface area contributed by atoms with E-state index in [4.69, 9.17) is 5.11 Å². The number of carbonyl (C=O) groups is 1. The average molecular weight is 240 g/mol. The summed E-state index contributed by atoms with van der Waals surface area (Å²) < 4.78 is 13.6. The summed E-state index contributed by atoms with van der Waals surface area (Å²) in [6, 6.07) is 4.93. The zero-order chi connectivity index (χ0) is 11.8. The molecule has 4 heteroatoms. The molecule has 1 aromatic carbocycles. The summed E-state index contributed by atoms with van der Waals surface area (Å²) in [7, 11) is 0. The second-order valence-electron chi connectivity index (χ2n) is 4.17. The summed E-state index contributed by atoms with van der Waals surface area (Å²) in [5, 5.41) is 8.88. The molecule has 0 radical (unpaired) electrons. The van der Waals surface area contributed by atoms with Gasteiger partial charge in [0.25, 0.3) is 0 Å². The standard InChI is InChI=1S/C12H13FO2S/c1-16-11-8(3-2-4-9(11)13)12(5-6-12)7-10(14)15/h2-4H,5-7H2,1H3,(H,14,15). The fourth-order valence-corrected chi connectivity index (χ4v) is 2.88. The number of rotatable bonds is 4. The van der Waals surface area contributed by atoms with Gasteiger partial charge in [0, 0.05) is 10.3 Å². The molecular formula is C12H13FO2S. The lowest BCUT2D eigenvalue weighted by Crippen LogP contribution is -2.14. The second kappa shape index (κ2) is 4.09. The van der Waals surface area contributed by atoms with Crippen LogP contribution in [0.1, 0.15) is 24.8 Å². The first kappa shape index (κ1) is 11.5. The van der Waals surface area contributed by atoms with Crippen molar-refractivity contribution in [2.24, 2.45) is 0 Å². The third kappa shape index (κ3) is 1.94. The summed E-state index contributed by atoms with van der Waals surface area (Å²) in [5.74, 6) is -1.06. The Bertz CT molecular complexity index is 427. The maximum absolute atomic E-state index is 13.6. The zero-order valence-electron chi connectivity index (χ0n) is 9.00. The van der Waals surface area contributed by atoms with Gasteiger partial charge in [-0.25, -0.2) is 4.39 Å². The van der Waals surface area contributed by atoms with Crippen LogP contribution in [0.15, 0.2) is 23.1 Å². The van der Waals surface area contributed by atoms with Gasteiger partial charge in [-0.3, -0.25) is 4.79 Å². The van der Waals surface area contributed by atoms with Crippen LogP contribution >= 0.6 is 11.8 Å². The lowest BCUT2D eigenvalue weighted by atomic mass is 9.92. The number of hydrogen-bond acceptors (Lipinski definition) is 2. The quantitative estimate of drug-likeness (QED) is 0.822. The third-order valence-electron chi connectivity index (χ3n) is 3.09. The van der Waals surface area contributed by atoms with Crippen LogP contribution in [-0.4, -0.2) is 17.3 Å². The molecule has 0 unspecified atom stereocenters. The molecule has 1 fully saturated rings. The Morgan fingerprint density at radius 1 is 1.56 bits per heavy atom. The van der Waals surface area contributed by atoms with E-state index in [0.717, 1.165) is 18.4 Å². The molecule has 0 aromatic heterocycles. The predicted molar refractivity (Wildman–Crippen MR) is 61.3 cm³/mol. The summed E-state index contributed by atoms with van der Waals surface area (Å²) in [6.45, 7) is 0. The van der Waals surface area contributed by atoms with E-state index < -0.39 is 5.97 Å². The van der Waals surface area contributed by atoms with Gasteiger partial charge in [-0.1, -0.05) is 12.1 Å². The minimum absolute atomic E-state index is 0.101. The Labute approximate surface area is 97.9 Å². The molecule has 0 amide bonds. The van der Waals surface area contributed by atoms with E-state index in [1.54, 1.807) is 6.07 Å². The summed E-state index contributed by atoms with van der Waals surface area (Å²) >= 11 is 1.35. The van der Waals surface area contributed by atoms with Crippen LogP contribution in [0.3, 0.4) is 0 Å². The molecule has 16 heavy (non-hydrogen) atoms. The monoisotopic (exact) mass is 240 g/mol. The number of benzene rings is 1. The van der Waals surface area contributed by atoms with Crippen molar-refractivity contribution in [3.05, 3.63) is 29.6 Å². The SMILES string of the molecule is CSc1c(F)cccc1C1(CC(=O)O)CC1. The molecule has 0 aliphatic heterocycles. The number of halogens is 1. The van der Waals surface area contributed by atoms with E-state index in [-0.39, 0.29) is 17.7 Å². The normalized spacial score (nSPS) is 17.1. The van der Waals surface area contributed by atoms with Gasteiger partial charge in [0.05, 0.1) is 6.42 Å². The van der Waals surface area contributed by atoms with Crippen molar-refractivity contribution in [1.82, 2.24) is 0 Å². The van der Waals surface area contributed by atoms with Crippen molar-refractivity contribution < 1.29 is 14.3 Å². The summed E-state index contributed by atoms with van der Waals surface area (Å²) in [5.41, 5.74) is 0.550. The predicted octanol–water partition coefficient (Wildman–Crippen LogP) is 3.05. The van der Waals surface area contributed by atoms with Gasteiger partial charge in [0.1, 0.15) is 5.82 Å². The smallest absolute Gasteiger partial charge is 0.304 e. The van der Waals surface area contributed by atoms with Gasteiger partial charge < -0.3 is 5.11 Å². The van der Waals surface area contributed by atoms with Crippen molar-refractivity contribution in [2.75, 3.05) is 6.26 Å². The van der Waals surface area contributed by atoms with Crippen LogP contribution in [0.4, 0.5) is 4.39 Å². The van der Waals surface area contributed by atoms with Crippen LogP contribution in [0.2, 0.25) is 0 Å². The number of carboxylic acids is 1. The molecule has 0 heterocycles. The van der Waals surface area contributed by atoms with E-state index in [1.165, 1.54) is 17.8 Å². The van der Waals surface area contributed by atoms with Gasteiger partial charge >= 0.3 is 5.97 Å². The van der Waals surface area contributed by atoms with Crippen molar-refractivity contribution in [3.8, 4) is 0 Å². The summed E-state index contributed by atoms with van der Waals surface area (Å²) in [6.07, 6.45) is 3.61. The molecule has 1 N–H and O–H groups in total. The number of thioether (sulfide) groups is 1. The molecule has 0 spiro atoms. The molecule has 2 rings (SSSR count). The minimum atomic E-state index is -0.811. The van der Waals surface area contributed by atoms with Gasteiger partial charge in [-0.15, -0.1) is 11.8 Å². The molecule has 1 aromatic rings. The van der Waals surface area contributed by atoms with E-state index in [0.29, 0.717) is 4.90 Å². The lowest BCUT2D eigenvalue weighted by molar-refractivity contribution is -0.137. The van der Waals surface area contributed by atoms with Crippen molar-refractivity contribution in [1.29, 1.82) is 0 Å². The van der Waals surface area contributed by atoms with Crippen molar-refractivity contribution >= 4 is 17.7 Å². The maximum Gasteiger partial charge on any atom is 0.304 e. The van der Waals surface area contributed by atoms with E-state index in [1.807, 2.05) is 12.3 Å². The Kier molecular flexibility index (Phi) is 2.93. The number of carboxylic acid groups (broad SMARTS) is 1. The van der Waals surface area contributed by atoms with Crippen LogP contribution < -0.4 is 0 Å². The van der Waals surface area contributed by atoms with E-state index >= 15 is 0 Å². The molecule has 0 bridgehead atoms. The van der Waals surface area contributed by atoms with Crippen molar-refractivity contribution in [3.63, 3.8) is 0 Å². The van der Waals surface area contributed by atoms with Gasteiger partial charge in [0.2, 0.25) is 0 Å². The highest BCUT2D eigenvalue weighted by Crippen LogP contribution is 2.53. The Balaban J connectivity index is 2.40. The highest BCUT2D eigenvalue weighted by Gasteiger charge is 2.47. The van der Waals surface area contributed by atoms with Crippen LogP contribution in [-0.2, 0) is 10.2 Å². The molecule has 1 saturated carbocycles. The molecule has 2 nitrogen and oxygen atoms in total. The number of hydrogen-bond donors (Lipinski definition) is 1. The molecule has 0 saturated heterocycles. The maximum atomic E-state index is 13.6. The largest absolute Gasteiger partial charge is 0.481 e. The first-order chi connectivity index (χ1) is 7.59. The van der Waals surface area contributed by atoms with Gasteiger partial charge in [0.15, 0.2) is 0 Å². The third-order valence-corrected chi connectivity index (χ3v) is 3.91. The molecule has 86 valence electrons. The summed E-state index contributed by atoms with van der Waals surface area (Å²) in [4.78, 5) is 11.4.